The van der Waals surface area contributed by atoms with Crippen LogP contribution in [0.3, 0.4) is 0 Å². The first kappa shape index (κ1) is 12.4. The maximum absolute atomic E-state index is 5.80. The van der Waals surface area contributed by atoms with Crippen molar-refractivity contribution in [1.82, 2.24) is 5.32 Å². The zero-order valence-corrected chi connectivity index (χ0v) is 10.5. The number of rotatable bonds is 6. The lowest BCUT2D eigenvalue weighted by Gasteiger charge is -2.14. The van der Waals surface area contributed by atoms with Gasteiger partial charge >= 0.3 is 0 Å². The number of nitrogens with one attached hydrogen (secondary N) is 1. The molecule has 0 saturated carbocycles. The van der Waals surface area contributed by atoms with Crippen LogP contribution < -0.4 is 11.1 Å². The summed E-state index contributed by atoms with van der Waals surface area (Å²) in [7, 11) is 1.76. The number of benzene rings is 1. The Kier molecular flexibility index (Phi) is 4.40. The van der Waals surface area contributed by atoms with Gasteiger partial charge in [0.15, 0.2) is 0 Å². The molecule has 1 aliphatic carbocycles. The minimum absolute atomic E-state index is 0.521. The van der Waals surface area contributed by atoms with Gasteiger partial charge in [0.1, 0.15) is 0 Å². The van der Waals surface area contributed by atoms with Crippen LogP contribution in [-0.4, -0.2) is 20.3 Å². The fraction of sp³-hybridized carbons (Fsp3) is 0.571. The lowest BCUT2D eigenvalue weighted by molar-refractivity contribution is 0.192. The van der Waals surface area contributed by atoms with Gasteiger partial charge in [-0.3, -0.25) is 0 Å². The Morgan fingerprint density at radius 2 is 2.29 bits per heavy atom. The van der Waals surface area contributed by atoms with E-state index in [0.717, 1.165) is 31.7 Å². The summed E-state index contributed by atoms with van der Waals surface area (Å²) in [4.78, 5) is 0. The second-order valence-electron chi connectivity index (χ2n) is 4.70. The first-order valence-electron chi connectivity index (χ1n) is 6.42. The van der Waals surface area contributed by atoms with Crippen LogP contribution in [0.5, 0.6) is 0 Å². The second kappa shape index (κ2) is 6.03. The Morgan fingerprint density at radius 1 is 1.41 bits per heavy atom. The molecule has 0 aliphatic heterocycles. The van der Waals surface area contributed by atoms with E-state index in [4.69, 9.17) is 10.5 Å². The van der Waals surface area contributed by atoms with Crippen molar-refractivity contribution in [3.8, 4) is 0 Å². The average molecular weight is 234 g/mol. The molecule has 0 heterocycles. The minimum Gasteiger partial charge on any atom is -0.399 e. The molecule has 0 bridgehead atoms. The van der Waals surface area contributed by atoms with Crippen molar-refractivity contribution in [2.24, 2.45) is 0 Å². The monoisotopic (exact) mass is 234 g/mol. The van der Waals surface area contributed by atoms with Gasteiger partial charge in [-0.25, -0.2) is 0 Å². The molecule has 3 heteroatoms. The molecule has 0 aromatic heterocycles. The van der Waals surface area contributed by atoms with Crippen molar-refractivity contribution in [2.45, 2.75) is 31.7 Å². The smallest absolute Gasteiger partial charge is 0.0462 e. The number of hydrogen-bond acceptors (Lipinski definition) is 3. The second-order valence-corrected chi connectivity index (χ2v) is 4.70. The van der Waals surface area contributed by atoms with Crippen LogP contribution in [0, 0.1) is 0 Å². The summed E-state index contributed by atoms with van der Waals surface area (Å²) in [6.07, 6.45) is 4.65. The lowest BCUT2D eigenvalue weighted by atomic mass is 10.1. The van der Waals surface area contributed by atoms with Gasteiger partial charge in [-0.05, 0) is 55.5 Å². The number of fused-ring (bicyclic) bond motifs is 1. The maximum Gasteiger partial charge on any atom is 0.0462 e. The Labute approximate surface area is 103 Å². The highest BCUT2D eigenvalue weighted by Gasteiger charge is 2.21. The van der Waals surface area contributed by atoms with Crippen LogP contribution in [0.2, 0.25) is 0 Å². The number of methoxy groups -OCH3 is 1. The van der Waals surface area contributed by atoms with Gasteiger partial charge < -0.3 is 15.8 Å². The third kappa shape index (κ3) is 3.20. The highest BCUT2D eigenvalue weighted by molar-refractivity contribution is 5.47. The number of hydrogen-bond donors (Lipinski definition) is 2. The summed E-state index contributed by atoms with van der Waals surface area (Å²) in [5, 5.41) is 3.62. The number of aryl methyl sites for hydroxylation is 1. The van der Waals surface area contributed by atoms with Crippen molar-refractivity contribution >= 4 is 5.69 Å². The Morgan fingerprint density at radius 3 is 3.12 bits per heavy atom. The summed E-state index contributed by atoms with van der Waals surface area (Å²) >= 11 is 0. The van der Waals surface area contributed by atoms with E-state index >= 15 is 0 Å². The molecule has 1 aliphatic rings. The van der Waals surface area contributed by atoms with E-state index < -0.39 is 0 Å². The van der Waals surface area contributed by atoms with E-state index in [1.54, 1.807) is 7.11 Å². The van der Waals surface area contributed by atoms with Crippen LogP contribution >= 0.6 is 0 Å². The minimum atomic E-state index is 0.521. The molecule has 94 valence electrons. The van der Waals surface area contributed by atoms with Crippen LogP contribution in [0.1, 0.15) is 36.4 Å². The largest absolute Gasteiger partial charge is 0.399 e. The van der Waals surface area contributed by atoms with Crippen molar-refractivity contribution < 1.29 is 4.74 Å². The van der Waals surface area contributed by atoms with E-state index in [2.05, 4.69) is 17.4 Å². The van der Waals surface area contributed by atoms with Gasteiger partial charge in [0.25, 0.3) is 0 Å². The molecule has 0 radical (unpaired) electrons. The number of anilines is 1. The van der Waals surface area contributed by atoms with Crippen molar-refractivity contribution in [3.63, 3.8) is 0 Å². The van der Waals surface area contributed by atoms with Crippen LogP contribution in [0.25, 0.3) is 0 Å². The summed E-state index contributed by atoms with van der Waals surface area (Å²) in [5.74, 6) is 0. The molecular formula is C14H22N2O. The SMILES string of the molecule is COCCCCNC1CCc2cc(N)ccc21. The van der Waals surface area contributed by atoms with Crippen molar-refractivity contribution in [2.75, 3.05) is 26.0 Å². The summed E-state index contributed by atoms with van der Waals surface area (Å²) in [6, 6.07) is 6.81. The first-order chi connectivity index (χ1) is 8.31. The topological polar surface area (TPSA) is 47.3 Å². The third-order valence-electron chi connectivity index (χ3n) is 3.41. The Bertz CT molecular complexity index is 365. The Balaban J connectivity index is 1.81. The van der Waals surface area contributed by atoms with Crippen molar-refractivity contribution in [1.29, 1.82) is 0 Å². The molecule has 2 rings (SSSR count). The fourth-order valence-electron chi connectivity index (χ4n) is 2.50. The zero-order chi connectivity index (χ0) is 12.1. The van der Waals surface area contributed by atoms with Gasteiger partial charge in [-0.2, -0.15) is 0 Å². The molecule has 0 spiro atoms. The normalized spacial score (nSPS) is 18.3. The van der Waals surface area contributed by atoms with E-state index in [1.807, 2.05) is 6.07 Å². The standard InChI is InChI=1S/C14H22N2O/c1-17-9-3-2-8-16-14-7-4-11-10-12(15)5-6-13(11)14/h5-6,10,14,16H,2-4,7-9,15H2,1H3. The van der Waals surface area contributed by atoms with Crippen molar-refractivity contribution in [3.05, 3.63) is 29.3 Å². The molecular weight excluding hydrogens is 212 g/mol. The van der Waals surface area contributed by atoms with E-state index in [9.17, 15) is 0 Å². The highest BCUT2D eigenvalue weighted by Crippen LogP contribution is 2.32. The molecule has 0 fully saturated rings. The van der Waals surface area contributed by atoms with Gasteiger partial charge in [-0.1, -0.05) is 6.07 Å². The number of ether oxygens (including phenoxy) is 1. The summed E-state index contributed by atoms with van der Waals surface area (Å²) in [6.45, 7) is 1.93. The van der Waals surface area contributed by atoms with Gasteiger partial charge in [0.05, 0.1) is 0 Å². The molecule has 1 unspecified atom stereocenters. The van der Waals surface area contributed by atoms with E-state index in [0.29, 0.717) is 6.04 Å². The molecule has 3 N–H and O–H groups in total. The van der Waals surface area contributed by atoms with E-state index in [1.165, 1.54) is 24.0 Å². The molecule has 0 amide bonds. The molecule has 1 aromatic rings. The highest BCUT2D eigenvalue weighted by atomic mass is 16.5. The van der Waals surface area contributed by atoms with Gasteiger partial charge in [0.2, 0.25) is 0 Å². The van der Waals surface area contributed by atoms with Crippen LogP contribution in [-0.2, 0) is 11.2 Å². The zero-order valence-electron chi connectivity index (χ0n) is 10.5. The summed E-state index contributed by atoms with van der Waals surface area (Å²) < 4.78 is 5.04. The molecule has 3 nitrogen and oxygen atoms in total. The molecule has 0 saturated heterocycles. The molecule has 1 aromatic carbocycles. The summed E-state index contributed by atoms with van der Waals surface area (Å²) in [5.41, 5.74) is 9.53. The number of nitrogens with two attached hydrogens (primary N) is 1. The Hall–Kier alpha value is -1.06. The van der Waals surface area contributed by atoms with Gasteiger partial charge in [0, 0.05) is 25.4 Å². The molecule has 17 heavy (non-hydrogen) atoms. The lowest BCUT2D eigenvalue weighted by Crippen LogP contribution is -2.20. The molecule has 1 atom stereocenters. The van der Waals surface area contributed by atoms with Crippen LogP contribution in [0.15, 0.2) is 18.2 Å². The quantitative estimate of drug-likeness (QED) is 0.586. The number of unbranched alkanes of at least 4 members (excludes halogenated alkanes) is 1. The third-order valence-corrected chi connectivity index (χ3v) is 3.41. The fourth-order valence-corrected chi connectivity index (χ4v) is 2.50. The predicted octanol–water partition coefficient (Wildman–Crippen LogP) is 2.27. The predicted molar refractivity (Wildman–Crippen MR) is 71.0 cm³/mol. The average Bonchev–Trinajstić information content (AvgIpc) is 2.71. The van der Waals surface area contributed by atoms with Gasteiger partial charge in [-0.15, -0.1) is 0 Å². The van der Waals surface area contributed by atoms with E-state index in [-0.39, 0.29) is 0 Å². The maximum atomic E-state index is 5.80. The number of nitrogen functional groups attached to an aromatic ring is 1. The first-order valence-corrected chi connectivity index (χ1v) is 6.42. The van der Waals surface area contributed by atoms with Crippen LogP contribution in [0.4, 0.5) is 5.69 Å².